The van der Waals surface area contributed by atoms with Gasteiger partial charge in [0, 0.05) is 4.70 Å². The molecule has 0 saturated carbocycles. The third-order valence-corrected chi connectivity index (χ3v) is 4.53. The second-order valence-corrected chi connectivity index (χ2v) is 5.88. The van der Waals surface area contributed by atoms with Crippen LogP contribution in [-0.2, 0) is 4.79 Å². The maximum absolute atomic E-state index is 12.3. The number of amides is 1. The second kappa shape index (κ2) is 5.65. The molecule has 0 saturated heterocycles. The fraction of sp³-hybridized carbons (Fsp3) is 0.267. The first-order chi connectivity index (χ1) is 10.2. The van der Waals surface area contributed by atoms with E-state index in [4.69, 9.17) is 0 Å². The molecule has 3 rings (SSSR count). The normalized spacial score (nSPS) is 14.0. The fourth-order valence-electron chi connectivity index (χ4n) is 2.28. The van der Waals surface area contributed by atoms with E-state index >= 15 is 0 Å². The molecule has 2 heterocycles. The number of carbonyl (C=O) groups excluding carboxylic acids is 1. The molecule has 0 fully saturated rings. The lowest BCUT2D eigenvalue weighted by Gasteiger charge is -2.17. The summed E-state index contributed by atoms with van der Waals surface area (Å²) in [6.07, 6.45) is 2.98. The lowest BCUT2D eigenvalue weighted by atomic mass is 10.1. The maximum Gasteiger partial charge on any atom is 0.245 e. The number of hydrogen-bond acceptors (Lipinski definition) is 4. The van der Waals surface area contributed by atoms with Gasteiger partial charge in [-0.15, -0.1) is 11.3 Å². The number of nitrogens with one attached hydrogen (secondary N) is 1. The Bertz CT molecular complexity index is 750. The standard InChI is InChI=1S/C15H16N4OS/c1-10(13-7-21-14-6-4-3-5-12(13)14)18-15(20)11(2)19-9-16-8-17-19/h3-11H,1-2H3,(H,18,20)/t10-,11-/m0/s1. The Morgan fingerprint density at radius 1 is 1.33 bits per heavy atom. The van der Waals surface area contributed by atoms with E-state index < -0.39 is 0 Å². The summed E-state index contributed by atoms with van der Waals surface area (Å²) in [6.45, 7) is 3.81. The number of hydrogen-bond donors (Lipinski definition) is 1. The third kappa shape index (κ3) is 2.67. The van der Waals surface area contributed by atoms with Crippen LogP contribution in [0, 0.1) is 0 Å². The molecule has 5 nitrogen and oxygen atoms in total. The fourth-order valence-corrected chi connectivity index (χ4v) is 3.34. The first-order valence-corrected chi connectivity index (χ1v) is 7.65. The molecule has 1 aromatic carbocycles. The minimum atomic E-state index is -0.375. The Balaban J connectivity index is 1.77. The van der Waals surface area contributed by atoms with Gasteiger partial charge >= 0.3 is 0 Å². The third-order valence-electron chi connectivity index (χ3n) is 3.55. The molecule has 0 bridgehead atoms. The van der Waals surface area contributed by atoms with Crippen molar-refractivity contribution in [1.82, 2.24) is 20.1 Å². The lowest BCUT2D eigenvalue weighted by molar-refractivity contribution is -0.124. The Hall–Kier alpha value is -2.21. The van der Waals surface area contributed by atoms with Crippen LogP contribution in [0.4, 0.5) is 0 Å². The smallest absolute Gasteiger partial charge is 0.245 e. The topological polar surface area (TPSA) is 59.8 Å². The van der Waals surface area contributed by atoms with Gasteiger partial charge in [-0.1, -0.05) is 18.2 Å². The SMILES string of the molecule is C[C@H](NC(=O)[C@H](C)n1cncn1)c1csc2ccccc12. The Kier molecular flexibility index (Phi) is 3.70. The summed E-state index contributed by atoms with van der Waals surface area (Å²) in [5.41, 5.74) is 1.15. The van der Waals surface area contributed by atoms with Crippen molar-refractivity contribution in [2.45, 2.75) is 25.9 Å². The van der Waals surface area contributed by atoms with Crippen LogP contribution in [0.5, 0.6) is 0 Å². The first kappa shape index (κ1) is 13.8. The zero-order valence-electron chi connectivity index (χ0n) is 11.9. The highest BCUT2D eigenvalue weighted by molar-refractivity contribution is 7.17. The van der Waals surface area contributed by atoms with Gasteiger partial charge in [0.25, 0.3) is 0 Å². The van der Waals surface area contributed by atoms with Crippen molar-refractivity contribution >= 4 is 27.3 Å². The van der Waals surface area contributed by atoms with E-state index in [9.17, 15) is 4.79 Å². The number of rotatable bonds is 4. The average Bonchev–Trinajstić information content (AvgIpc) is 3.15. The van der Waals surface area contributed by atoms with E-state index in [-0.39, 0.29) is 18.0 Å². The van der Waals surface area contributed by atoms with Gasteiger partial charge in [0.15, 0.2) is 0 Å². The summed E-state index contributed by atoms with van der Waals surface area (Å²) in [4.78, 5) is 16.2. The minimum Gasteiger partial charge on any atom is -0.348 e. The van der Waals surface area contributed by atoms with Crippen molar-refractivity contribution in [2.24, 2.45) is 0 Å². The second-order valence-electron chi connectivity index (χ2n) is 4.97. The van der Waals surface area contributed by atoms with Crippen LogP contribution in [-0.4, -0.2) is 20.7 Å². The van der Waals surface area contributed by atoms with Gasteiger partial charge < -0.3 is 5.32 Å². The van der Waals surface area contributed by atoms with Gasteiger partial charge in [-0.05, 0) is 36.2 Å². The van der Waals surface area contributed by atoms with Gasteiger partial charge in [0.05, 0.1) is 6.04 Å². The van der Waals surface area contributed by atoms with Gasteiger partial charge in [-0.2, -0.15) is 5.10 Å². The summed E-state index contributed by atoms with van der Waals surface area (Å²) in [7, 11) is 0. The van der Waals surface area contributed by atoms with Crippen molar-refractivity contribution in [3.05, 3.63) is 47.9 Å². The van der Waals surface area contributed by atoms with E-state index in [1.807, 2.05) is 26.0 Å². The molecule has 108 valence electrons. The van der Waals surface area contributed by atoms with Crippen LogP contribution in [0.15, 0.2) is 42.3 Å². The zero-order chi connectivity index (χ0) is 14.8. The molecule has 0 aliphatic heterocycles. The van der Waals surface area contributed by atoms with E-state index in [1.165, 1.54) is 16.4 Å². The zero-order valence-corrected chi connectivity index (χ0v) is 12.7. The first-order valence-electron chi connectivity index (χ1n) is 6.77. The molecule has 2 atom stereocenters. The molecule has 21 heavy (non-hydrogen) atoms. The summed E-state index contributed by atoms with van der Waals surface area (Å²) in [5.74, 6) is -0.0664. The monoisotopic (exact) mass is 300 g/mol. The van der Waals surface area contributed by atoms with Crippen LogP contribution in [0.25, 0.3) is 10.1 Å². The van der Waals surface area contributed by atoms with Crippen molar-refractivity contribution in [1.29, 1.82) is 0 Å². The molecule has 1 amide bonds. The van der Waals surface area contributed by atoms with Gasteiger partial charge in [-0.25, -0.2) is 9.67 Å². The number of carbonyl (C=O) groups is 1. The molecule has 0 unspecified atom stereocenters. The molecule has 0 aliphatic carbocycles. The quantitative estimate of drug-likeness (QED) is 0.806. The van der Waals surface area contributed by atoms with Crippen molar-refractivity contribution in [3.63, 3.8) is 0 Å². The van der Waals surface area contributed by atoms with Crippen LogP contribution in [0.3, 0.4) is 0 Å². The summed E-state index contributed by atoms with van der Waals surface area (Å²) < 4.78 is 2.78. The summed E-state index contributed by atoms with van der Waals surface area (Å²) >= 11 is 1.70. The highest BCUT2D eigenvalue weighted by Crippen LogP contribution is 2.30. The van der Waals surface area contributed by atoms with E-state index in [1.54, 1.807) is 22.3 Å². The van der Waals surface area contributed by atoms with Crippen LogP contribution in [0.1, 0.15) is 31.5 Å². The molecule has 3 aromatic rings. The van der Waals surface area contributed by atoms with Crippen molar-refractivity contribution < 1.29 is 4.79 Å². The molecular formula is C15H16N4OS. The summed E-state index contributed by atoms with van der Waals surface area (Å²) in [5, 5.41) is 10.4. The van der Waals surface area contributed by atoms with Crippen LogP contribution < -0.4 is 5.32 Å². The van der Waals surface area contributed by atoms with Crippen molar-refractivity contribution in [2.75, 3.05) is 0 Å². The van der Waals surface area contributed by atoms with Gasteiger partial charge in [-0.3, -0.25) is 4.79 Å². The largest absolute Gasteiger partial charge is 0.348 e. The summed E-state index contributed by atoms with van der Waals surface area (Å²) in [6, 6.07) is 7.81. The Morgan fingerprint density at radius 3 is 2.90 bits per heavy atom. The molecular weight excluding hydrogens is 284 g/mol. The minimum absolute atomic E-state index is 0.0420. The number of fused-ring (bicyclic) bond motifs is 1. The molecule has 6 heteroatoms. The molecule has 0 aliphatic rings. The highest BCUT2D eigenvalue weighted by Gasteiger charge is 2.19. The van der Waals surface area contributed by atoms with Crippen LogP contribution >= 0.6 is 11.3 Å². The van der Waals surface area contributed by atoms with Crippen molar-refractivity contribution in [3.8, 4) is 0 Å². The average molecular weight is 300 g/mol. The van der Waals surface area contributed by atoms with E-state index in [0.717, 1.165) is 5.56 Å². The molecule has 0 spiro atoms. The Labute approximate surface area is 126 Å². The molecule has 0 radical (unpaired) electrons. The molecule has 2 aromatic heterocycles. The number of nitrogens with zero attached hydrogens (tertiary/aromatic N) is 3. The van der Waals surface area contributed by atoms with Gasteiger partial charge in [0.1, 0.15) is 18.7 Å². The van der Waals surface area contributed by atoms with Gasteiger partial charge in [0.2, 0.25) is 5.91 Å². The number of aromatic nitrogens is 3. The lowest BCUT2D eigenvalue weighted by Crippen LogP contribution is -2.33. The predicted octanol–water partition coefficient (Wildman–Crippen LogP) is 2.93. The van der Waals surface area contributed by atoms with E-state index in [0.29, 0.717) is 0 Å². The highest BCUT2D eigenvalue weighted by atomic mass is 32.1. The number of benzene rings is 1. The maximum atomic E-state index is 12.3. The predicted molar refractivity (Wildman–Crippen MR) is 83.1 cm³/mol. The number of thiophene rings is 1. The molecule has 1 N–H and O–H groups in total. The Morgan fingerprint density at radius 2 is 2.14 bits per heavy atom. The van der Waals surface area contributed by atoms with E-state index in [2.05, 4.69) is 32.9 Å². The van der Waals surface area contributed by atoms with Crippen LogP contribution in [0.2, 0.25) is 0 Å².